The van der Waals surface area contributed by atoms with E-state index in [4.69, 9.17) is 0 Å². The van der Waals surface area contributed by atoms with Gasteiger partial charge in [0, 0.05) is 6.42 Å². The van der Waals surface area contributed by atoms with Crippen LogP contribution < -0.4 is 0 Å². The molecule has 2 saturated carbocycles. The number of fused-ring (bicyclic) bond motifs is 2. The van der Waals surface area contributed by atoms with Gasteiger partial charge in [0.1, 0.15) is 4.75 Å². The van der Waals surface area contributed by atoms with Crippen LogP contribution >= 0.6 is 0 Å². The molecule has 14 heavy (non-hydrogen) atoms. The van der Waals surface area contributed by atoms with E-state index in [1.54, 1.807) is 13.8 Å². The second-order valence-corrected chi connectivity index (χ2v) is 7.64. The fourth-order valence-corrected chi connectivity index (χ4v) is 5.03. The Hall–Kier alpha value is -0.380. The number of rotatable bonds is 2. The molecule has 0 aliphatic heterocycles. The number of hydrogen-bond donors (Lipinski definition) is 0. The molecular weight excluding hydrogens is 200 g/mol. The Morgan fingerprint density at radius 2 is 2.07 bits per heavy atom. The summed E-state index contributed by atoms with van der Waals surface area (Å²) in [5.74, 6) is 0.318. The highest BCUT2D eigenvalue weighted by atomic mass is 32.2. The highest BCUT2D eigenvalue weighted by Gasteiger charge is 2.60. The molecule has 0 aromatic rings. The van der Waals surface area contributed by atoms with Crippen LogP contribution in [0.25, 0.3) is 0 Å². The molecule has 0 saturated heterocycles. The largest absolute Gasteiger partial charge is 0.298 e. The number of carbonyl (C=O) groups is 1. The summed E-state index contributed by atoms with van der Waals surface area (Å²) in [5.41, 5.74) is 0. The van der Waals surface area contributed by atoms with Crippen molar-refractivity contribution >= 4 is 15.6 Å². The number of ketones is 1. The van der Waals surface area contributed by atoms with Crippen molar-refractivity contribution in [1.82, 2.24) is 0 Å². The third-order valence-corrected chi connectivity index (χ3v) is 6.65. The van der Waals surface area contributed by atoms with E-state index in [0.29, 0.717) is 25.2 Å². The Labute approximate surface area is 84.8 Å². The van der Waals surface area contributed by atoms with Crippen LogP contribution in [0.5, 0.6) is 0 Å². The van der Waals surface area contributed by atoms with Crippen molar-refractivity contribution in [3.8, 4) is 0 Å². The molecule has 2 rings (SSSR count). The highest BCUT2D eigenvalue weighted by Crippen LogP contribution is 2.51. The molecule has 0 unspecified atom stereocenters. The lowest BCUT2D eigenvalue weighted by Crippen LogP contribution is -2.45. The van der Waals surface area contributed by atoms with E-state index in [-0.39, 0.29) is 5.78 Å². The summed E-state index contributed by atoms with van der Waals surface area (Å²) in [5, 5.41) is -0.428. The zero-order valence-corrected chi connectivity index (χ0v) is 9.43. The molecule has 2 aliphatic carbocycles. The molecule has 0 heterocycles. The van der Waals surface area contributed by atoms with E-state index >= 15 is 0 Å². The van der Waals surface area contributed by atoms with Crippen LogP contribution in [0, 0.1) is 5.92 Å². The van der Waals surface area contributed by atoms with Gasteiger partial charge < -0.3 is 0 Å². The van der Waals surface area contributed by atoms with Crippen LogP contribution in [-0.4, -0.2) is 24.2 Å². The predicted molar refractivity (Wildman–Crippen MR) is 53.8 cm³/mol. The highest BCUT2D eigenvalue weighted by molar-refractivity contribution is 7.94. The number of Topliss-reactive ketones (excluding diaryl/α,β-unsaturated/α-hetero) is 1. The van der Waals surface area contributed by atoms with E-state index in [1.807, 2.05) is 0 Å². The minimum Gasteiger partial charge on any atom is -0.298 e. The molecule has 2 atom stereocenters. The molecule has 0 aromatic carbocycles. The van der Waals surface area contributed by atoms with E-state index < -0.39 is 19.8 Å². The van der Waals surface area contributed by atoms with Crippen LogP contribution in [-0.2, 0) is 14.6 Å². The van der Waals surface area contributed by atoms with Crippen molar-refractivity contribution < 1.29 is 13.2 Å². The first kappa shape index (κ1) is 10.1. The minimum absolute atomic E-state index is 0.0255. The molecule has 0 radical (unpaired) electrons. The van der Waals surface area contributed by atoms with Crippen molar-refractivity contribution in [3.63, 3.8) is 0 Å². The van der Waals surface area contributed by atoms with Gasteiger partial charge in [0.2, 0.25) is 0 Å². The molecule has 2 bridgehead atoms. The van der Waals surface area contributed by atoms with Crippen LogP contribution in [0.2, 0.25) is 0 Å². The second-order valence-electron chi connectivity index (χ2n) is 4.82. The molecule has 0 spiro atoms. The van der Waals surface area contributed by atoms with Crippen LogP contribution in [0.15, 0.2) is 0 Å². The molecule has 2 fully saturated rings. The average molecular weight is 216 g/mol. The third-order valence-electron chi connectivity index (χ3n) is 3.72. The SMILES string of the molecule is CC(C)S(=O)(=O)[C@@]12CC[C@@H](CC1=O)C2. The van der Waals surface area contributed by atoms with Crippen molar-refractivity contribution in [1.29, 1.82) is 0 Å². The second kappa shape index (κ2) is 2.81. The summed E-state index contributed by atoms with van der Waals surface area (Å²) >= 11 is 0. The topological polar surface area (TPSA) is 51.2 Å². The molecule has 3 nitrogen and oxygen atoms in total. The first-order valence-corrected chi connectivity index (χ1v) is 6.71. The molecule has 0 aromatic heterocycles. The lowest BCUT2D eigenvalue weighted by atomic mass is 9.99. The molecular formula is C10H16O3S. The van der Waals surface area contributed by atoms with Crippen LogP contribution in [0.3, 0.4) is 0 Å². The number of carbonyl (C=O) groups excluding carboxylic acids is 1. The summed E-state index contributed by atoms with van der Waals surface area (Å²) in [6.07, 6.45) is 2.56. The third kappa shape index (κ3) is 1.03. The van der Waals surface area contributed by atoms with Gasteiger partial charge in [0.15, 0.2) is 15.6 Å². The molecule has 2 aliphatic rings. The number of sulfone groups is 1. The first-order valence-electron chi connectivity index (χ1n) is 5.17. The maximum absolute atomic E-state index is 12.1. The van der Waals surface area contributed by atoms with Gasteiger partial charge in [0.05, 0.1) is 5.25 Å². The Morgan fingerprint density at radius 3 is 2.43 bits per heavy atom. The van der Waals surface area contributed by atoms with E-state index in [9.17, 15) is 13.2 Å². The van der Waals surface area contributed by atoms with Crippen molar-refractivity contribution in [2.75, 3.05) is 0 Å². The molecule has 0 amide bonds. The minimum atomic E-state index is -3.25. The number of hydrogen-bond acceptors (Lipinski definition) is 3. The van der Waals surface area contributed by atoms with E-state index in [1.165, 1.54) is 0 Å². The van der Waals surface area contributed by atoms with Gasteiger partial charge in [-0.05, 0) is 39.0 Å². The van der Waals surface area contributed by atoms with Crippen LogP contribution in [0.1, 0.15) is 39.5 Å². The first-order chi connectivity index (χ1) is 6.40. The van der Waals surface area contributed by atoms with Gasteiger partial charge in [-0.25, -0.2) is 8.42 Å². The molecule has 80 valence electrons. The van der Waals surface area contributed by atoms with Gasteiger partial charge >= 0.3 is 0 Å². The van der Waals surface area contributed by atoms with Gasteiger partial charge in [-0.3, -0.25) is 4.79 Å². The Balaban J connectivity index is 2.47. The Bertz CT molecular complexity index is 369. The van der Waals surface area contributed by atoms with Crippen molar-refractivity contribution in [2.24, 2.45) is 5.92 Å². The standard InChI is InChI=1S/C10H16O3S/c1-7(2)14(12,13)10-4-3-8(6-10)5-9(10)11/h7-8H,3-6H2,1-2H3/t8-,10+/m0/s1. The van der Waals surface area contributed by atoms with Crippen molar-refractivity contribution in [3.05, 3.63) is 0 Å². The zero-order valence-electron chi connectivity index (χ0n) is 8.62. The Kier molecular flexibility index (Phi) is 2.04. The summed E-state index contributed by atoms with van der Waals surface area (Å²) in [7, 11) is -3.25. The van der Waals surface area contributed by atoms with Crippen molar-refractivity contribution in [2.45, 2.75) is 49.5 Å². The van der Waals surface area contributed by atoms with Gasteiger partial charge in [0.25, 0.3) is 0 Å². The monoisotopic (exact) mass is 216 g/mol. The van der Waals surface area contributed by atoms with Gasteiger partial charge in [-0.1, -0.05) is 0 Å². The normalized spacial score (nSPS) is 37.1. The van der Waals surface area contributed by atoms with Gasteiger partial charge in [-0.2, -0.15) is 0 Å². The van der Waals surface area contributed by atoms with Crippen LogP contribution in [0.4, 0.5) is 0 Å². The summed E-state index contributed by atoms with van der Waals surface area (Å²) in [4.78, 5) is 11.7. The summed E-state index contributed by atoms with van der Waals surface area (Å²) < 4.78 is 23.2. The lowest BCUT2D eigenvalue weighted by molar-refractivity contribution is -0.120. The molecule has 0 N–H and O–H groups in total. The van der Waals surface area contributed by atoms with E-state index in [2.05, 4.69) is 0 Å². The fourth-order valence-electron chi connectivity index (χ4n) is 2.85. The van der Waals surface area contributed by atoms with E-state index in [0.717, 1.165) is 6.42 Å². The zero-order chi connectivity index (χ0) is 10.6. The smallest absolute Gasteiger partial charge is 0.165 e. The molecule has 4 heteroatoms. The average Bonchev–Trinajstić information content (AvgIpc) is 2.61. The fraction of sp³-hybridized carbons (Fsp3) is 0.900. The quantitative estimate of drug-likeness (QED) is 0.699. The maximum atomic E-state index is 12.1. The van der Waals surface area contributed by atoms with Gasteiger partial charge in [-0.15, -0.1) is 0 Å². The lowest BCUT2D eigenvalue weighted by Gasteiger charge is -2.26. The predicted octanol–water partition coefficient (Wildman–Crippen LogP) is 1.32. The maximum Gasteiger partial charge on any atom is 0.165 e. The summed E-state index contributed by atoms with van der Waals surface area (Å²) in [6, 6.07) is 0. The Morgan fingerprint density at radius 1 is 1.43 bits per heavy atom. The summed E-state index contributed by atoms with van der Waals surface area (Å²) in [6.45, 7) is 3.34.